The molecule has 5 nitrogen and oxygen atoms in total. The van der Waals surface area contributed by atoms with Gasteiger partial charge < -0.3 is 19.5 Å². The van der Waals surface area contributed by atoms with Crippen molar-refractivity contribution < 1.29 is 14.2 Å². The fraction of sp³-hybridized carbons (Fsp3) is 1.00. The number of fused-ring (bicyclic) bond motifs is 3. The topological polar surface area (TPSA) is 43.0 Å². The molecule has 18 heavy (non-hydrogen) atoms. The predicted octanol–water partition coefficient (Wildman–Crippen LogP) is 0.407. The van der Waals surface area contributed by atoms with E-state index in [0.717, 1.165) is 52.4 Å². The number of hydrogen-bond acceptors (Lipinski definition) is 5. The molecule has 0 aromatic carbocycles. The average molecular weight is 256 g/mol. The highest BCUT2D eigenvalue weighted by molar-refractivity contribution is 4.90. The SMILES string of the molecule is CC(C)(CC12OCC(CO1)CO2)N1CCNCC1. The highest BCUT2D eigenvalue weighted by atomic mass is 16.9. The van der Waals surface area contributed by atoms with Crippen LogP contribution in [0.25, 0.3) is 0 Å². The van der Waals surface area contributed by atoms with Gasteiger partial charge in [0.15, 0.2) is 0 Å². The molecule has 4 aliphatic heterocycles. The summed E-state index contributed by atoms with van der Waals surface area (Å²) < 4.78 is 17.4. The lowest BCUT2D eigenvalue weighted by Crippen LogP contribution is -2.61. The van der Waals surface area contributed by atoms with Crippen LogP contribution in [0.1, 0.15) is 20.3 Å². The largest absolute Gasteiger partial charge is 0.327 e. The van der Waals surface area contributed by atoms with E-state index in [0.29, 0.717) is 5.92 Å². The van der Waals surface area contributed by atoms with Crippen LogP contribution >= 0.6 is 0 Å². The van der Waals surface area contributed by atoms with E-state index >= 15 is 0 Å². The molecule has 0 atom stereocenters. The smallest absolute Gasteiger partial charge is 0.284 e. The molecule has 0 amide bonds. The van der Waals surface area contributed by atoms with Gasteiger partial charge in [-0.15, -0.1) is 0 Å². The first-order chi connectivity index (χ1) is 8.60. The van der Waals surface area contributed by atoms with E-state index in [1.807, 2.05) is 0 Å². The summed E-state index contributed by atoms with van der Waals surface area (Å²) in [6, 6.07) is 0. The minimum atomic E-state index is -0.789. The summed E-state index contributed by atoms with van der Waals surface area (Å²) in [7, 11) is 0. The molecule has 4 aliphatic rings. The first kappa shape index (κ1) is 12.8. The first-order valence-electron chi connectivity index (χ1n) is 6.97. The summed E-state index contributed by atoms with van der Waals surface area (Å²) in [5.41, 5.74) is 0.0340. The van der Waals surface area contributed by atoms with Crippen molar-refractivity contribution in [1.29, 1.82) is 0 Å². The Bertz CT molecular complexity index is 281. The molecular formula is C13H24N2O3. The van der Waals surface area contributed by atoms with Crippen LogP contribution < -0.4 is 5.32 Å². The lowest BCUT2D eigenvalue weighted by atomic mass is 9.94. The fourth-order valence-corrected chi connectivity index (χ4v) is 3.07. The Balaban J connectivity index is 1.66. The zero-order valence-corrected chi connectivity index (χ0v) is 11.4. The Labute approximate surface area is 109 Å². The van der Waals surface area contributed by atoms with Crippen molar-refractivity contribution in [3.63, 3.8) is 0 Å². The van der Waals surface area contributed by atoms with Crippen LogP contribution in [0, 0.1) is 5.92 Å². The van der Waals surface area contributed by atoms with Gasteiger partial charge in [0.25, 0.3) is 5.97 Å². The summed E-state index contributed by atoms with van der Waals surface area (Å²) in [6.07, 6.45) is 0.771. The maximum atomic E-state index is 5.80. The van der Waals surface area contributed by atoms with Gasteiger partial charge in [0, 0.05) is 44.1 Å². The van der Waals surface area contributed by atoms with E-state index in [-0.39, 0.29) is 5.54 Å². The van der Waals surface area contributed by atoms with Crippen molar-refractivity contribution in [2.24, 2.45) is 5.92 Å². The third-order valence-electron chi connectivity index (χ3n) is 4.24. The van der Waals surface area contributed by atoms with Crippen molar-refractivity contribution >= 4 is 0 Å². The summed E-state index contributed by atoms with van der Waals surface area (Å²) in [6.45, 7) is 11.1. The summed E-state index contributed by atoms with van der Waals surface area (Å²) in [5.74, 6) is -0.363. The number of nitrogens with one attached hydrogen (secondary N) is 1. The van der Waals surface area contributed by atoms with E-state index in [4.69, 9.17) is 14.2 Å². The lowest BCUT2D eigenvalue weighted by molar-refractivity contribution is -0.455. The van der Waals surface area contributed by atoms with Crippen LogP contribution in [-0.4, -0.2) is 62.4 Å². The van der Waals surface area contributed by atoms with E-state index in [9.17, 15) is 0 Å². The summed E-state index contributed by atoms with van der Waals surface area (Å²) in [4.78, 5) is 2.50. The molecule has 104 valence electrons. The predicted molar refractivity (Wildman–Crippen MR) is 67.2 cm³/mol. The molecular weight excluding hydrogens is 232 g/mol. The Kier molecular flexibility index (Phi) is 3.36. The van der Waals surface area contributed by atoms with Gasteiger partial charge in [-0.1, -0.05) is 0 Å². The number of piperazine rings is 1. The maximum absolute atomic E-state index is 5.80. The molecule has 0 aromatic heterocycles. The van der Waals surface area contributed by atoms with Crippen LogP contribution in [0.4, 0.5) is 0 Å². The van der Waals surface area contributed by atoms with E-state index in [2.05, 4.69) is 24.1 Å². The molecule has 4 fully saturated rings. The van der Waals surface area contributed by atoms with Crippen molar-refractivity contribution in [3.05, 3.63) is 0 Å². The van der Waals surface area contributed by atoms with Gasteiger partial charge in [-0.25, -0.2) is 0 Å². The molecule has 4 rings (SSSR count). The van der Waals surface area contributed by atoms with Crippen molar-refractivity contribution in [3.8, 4) is 0 Å². The molecule has 1 N–H and O–H groups in total. The number of hydrogen-bond donors (Lipinski definition) is 1. The number of ether oxygens (including phenoxy) is 3. The van der Waals surface area contributed by atoms with Crippen molar-refractivity contribution in [2.45, 2.75) is 31.8 Å². The average Bonchev–Trinajstić information content (AvgIpc) is 2.41. The molecule has 4 saturated heterocycles. The molecule has 0 radical (unpaired) electrons. The van der Waals surface area contributed by atoms with Gasteiger partial charge in [-0.2, -0.15) is 0 Å². The quantitative estimate of drug-likeness (QED) is 0.792. The Hall–Kier alpha value is -0.200. The van der Waals surface area contributed by atoms with Crippen molar-refractivity contribution in [1.82, 2.24) is 10.2 Å². The second-order valence-corrected chi connectivity index (χ2v) is 6.21. The fourth-order valence-electron chi connectivity index (χ4n) is 3.07. The van der Waals surface area contributed by atoms with E-state index in [1.54, 1.807) is 0 Å². The second kappa shape index (κ2) is 4.72. The second-order valence-electron chi connectivity index (χ2n) is 6.21. The van der Waals surface area contributed by atoms with Crippen LogP contribution in [-0.2, 0) is 14.2 Å². The van der Waals surface area contributed by atoms with Crippen molar-refractivity contribution in [2.75, 3.05) is 46.0 Å². The normalized spacial score (nSPS) is 38.0. The Morgan fingerprint density at radius 1 is 1.11 bits per heavy atom. The van der Waals surface area contributed by atoms with Gasteiger partial charge in [-0.3, -0.25) is 4.90 Å². The highest BCUT2D eigenvalue weighted by Gasteiger charge is 2.49. The van der Waals surface area contributed by atoms with Gasteiger partial charge in [0.1, 0.15) is 0 Å². The third-order valence-corrected chi connectivity index (χ3v) is 4.24. The maximum Gasteiger partial charge on any atom is 0.284 e. The van der Waals surface area contributed by atoms with Gasteiger partial charge in [-0.05, 0) is 13.8 Å². The molecule has 5 heteroatoms. The molecule has 0 saturated carbocycles. The van der Waals surface area contributed by atoms with E-state index < -0.39 is 5.97 Å². The molecule has 2 bridgehead atoms. The first-order valence-corrected chi connectivity index (χ1v) is 6.97. The molecule has 0 unspecified atom stereocenters. The van der Waals surface area contributed by atoms with Gasteiger partial charge in [0.2, 0.25) is 0 Å². The third kappa shape index (κ3) is 2.42. The standard InChI is InChI=1S/C13H24N2O3/c1-12(2,15-5-3-14-4-6-15)10-13-16-7-11(8-17-13)9-18-13/h11,14H,3-10H2,1-2H3. The molecule has 0 spiro atoms. The van der Waals surface area contributed by atoms with Crippen LogP contribution in [0.2, 0.25) is 0 Å². The van der Waals surface area contributed by atoms with Crippen LogP contribution in [0.3, 0.4) is 0 Å². The zero-order valence-electron chi connectivity index (χ0n) is 11.4. The van der Waals surface area contributed by atoms with Crippen LogP contribution in [0.15, 0.2) is 0 Å². The van der Waals surface area contributed by atoms with Crippen LogP contribution in [0.5, 0.6) is 0 Å². The van der Waals surface area contributed by atoms with Gasteiger partial charge in [0.05, 0.1) is 19.8 Å². The molecule has 4 heterocycles. The Morgan fingerprint density at radius 3 is 2.22 bits per heavy atom. The zero-order chi connectivity index (χ0) is 12.6. The number of rotatable bonds is 3. The minimum absolute atomic E-state index is 0.0340. The minimum Gasteiger partial charge on any atom is -0.327 e. The Morgan fingerprint density at radius 2 is 1.67 bits per heavy atom. The van der Waals surface area contributed by atoms with E-state index in [1.165, 1.54) is 0 Å². The highest BCUT2D eigenvalue weighted by Crippen LogP contribution is 2.38. The monoisotopic (exact) mass is 256 g/mol. The van der Waals surface area contributed by atoms with Gasteiger partial charge >= 0.3 is 0 Å². The molecule has 0 aliphatic carbocycles. The lowest BCUT2D eigenvalue weighted by Gasteiger charge is -2.50. The summed E-state index contributed by atoms with van der Waals surface area (Å²) in [5, 5.41) is 3.39. The molecule has 0 aromatic rings. The summed E-state index contributed by atoms with van der Waals surface area (Å²) >= 11 is 0. The number of nitrogens with zero attached hydrogens (tertiary/aromatic N) is 1.